The fraction of sp³-hybridized carbons (Fsp3) is 0.0984. The zero-order valence-electron chi connectivity index (χ0n) is 37.7. The molecule has 0 saturated heterocycles. The molecule has 0 atom stereocenters. The van der Waals surface area contributed by atoms with Crippen LogP contribution in [0.4, 0.5) is 0 Å². The Bertz CT molecular complexity index is 3320. The second-order valence-electron chi connectivity index (χ2n) is 17.8. The second-order valence-corrected chi connectivity index (χ2v) is 17.8. The van der Waals surface area contributed by atoms with Crippen molar-refractivity contribution in [2.45, 2.75) is 39.1 Å². The van der Waals surface area contributed by atoms with Gasteiger partial charge in [-0.1, -0.05) is 140 Å². The summed E-state index contributed by atoms with van der Waals surface area (Å²) in [4.78, 5) is 5.06. The maximum atomic E-state index is 6.83. The van der Waals surface area contributed by atoms with Crippen molar-refractivity contribution in [2.75, 3.05) is 0 Å². The first-order chi connectivity index (χ1) is 33.6. The van der Waals surface area contributed by atoms with Crippen LogP contribution in [0.2, 0.25) is 0 Å². The Morgan fingerprint density at radius 1 is 0.382 bits per heavy atom. The molecule has 7 nitrogen and oxygen atoms in total. The van der Waals surface area contributed by atoms with E-state index in [1.165, 1.54) is 22.3 Å². The Labute approximate surface area is 396 Å². The summed E-state index contributed by atoms with van der Waals surface area (Å²) in [6, 6.07) is 67.1. The van der Waals surface area contributed by atoms with Crippen molar-refractivity contribution in [1.82, 2.24) is 14.1 Å². The molecule has 18 rings (SSSR count). The van der Waals surface area contributed by atoms with Crippen molar-refractivity contribution in [3.8, 4) is 34.0 Å². The van der Waals surface area contributed by atoms with Gasteiger partial charge < -0.3 is 9.47 Å². The van der Waals surface area contributed by atoms with Crippen LogP contribution in [0.25, 0.3) is 44.0 Å². The van der Waals surface area contributed by atoms with Gasteiger partial charge in [-0.15, -0.1) is 0 Å². The van der Waals surface area contributed by atoms with Crippen molar-refractivity contribution in [3.05, 3.63) is 270 Å². The SMILES string of the molecule is c1cc2nc(c1)Cc1ccc(cc1)C[n+]1ccn(c1)-c1ccc(cc1)COc1ccc3ccccc3c1-c1c(ccc3ccccc13)OCc1ccc(cc1)-n1cc[n+](c1)Cc1ccc(cc1)C2. The predicted octanol–water partition coefficient (Wildman–Crippen LogP) is 12.0. The lowest BCUT2D eigenvalue weighted by Crippen LogP contribution is -2.31. The van der Waals surface area contributed by atoms with Crippen molar-refractivity contribution in [2.24, 2.45) is 0 Å². The van der Waals surface area contributed by atoms with Gasteiger partial charge in [-0.25, -0.2) is 18.3 Å². The van der Waals surface area contributed by atoms with E-state index in [1.54, 1.807) is 0 Å². The number of rotatable bonds is 0. The van der Waals surface area contributed by atoms with Crippen LogP contribution in [-0.2, 0) is 39.1 Å². The molecular weight excluding hydrogens is 835 g/mol. The Hall–Kier alpha value is -8.55. The summed E-state index contributed by atoms with van der Waals surface area (Å²) in [7, 11) is 0. The number of benzene rings is 8. The Morgan fingerprint density at radius 2 is 0.794 bits per heavy atom. The summed E-state index contributed by atoms with van der Waals surface area (Å²) in [5.41, 5.74) is 13.5. The molecule has 7 aliphatic heterocycles. The summed E-state index contributed by atoms with van der Waals surface area (Å²) in [5.74, 6) is 1.62. The number of nitrogens with zero attached hydrogens (tertiary/aromatic N) is 5. The lowest BCUT2D eigenvalue weighted by atomic mass is 9.92. The highest BCUT2D eigenvalue weighted by molar-refractivity contribution is 6.09. The van der Waals surface area contributed by atoms with Gasteiger partial charge in [-0.2, -0.15) is 0 Å². The zero-order valence-corrected chi connectivity index (χ0v) is 37.7. The van der Waals surface area contributed by atoms with E-state index in [1.807, 2.05) is 0 Å². The molecule has 0 N–H and O–H groups in total. The van der Waals surface area contributed by atoms with Crippen molar-refractivity contribution < 1.29 is 18.6 Å². The van der Waals surface area contributed by atoms with Crippen LogP contribution in [0.1, 0.15) is 44.8 Å². The number of hydrogen-bond acceptors (Lipinski definition) is 3. The molecule has 0 unspecified atom stereocenters. The van der Waals surface area contributed by atoms with Gasteiger partial charge in [0.05, 0.1) is 0 Å². The number of imidazole rings is 2. The first-order valence-electron chi connectivity index (χ1n) is 23.3. The predicted molar refractivity (Wildman–Crippen MR) is 268 cm³/mol. The number of pyridine rings is 1. The van der Waals surface area contributed by atoms with E-state index in [0.29, 0.717) is 13.2 Å². The van der Waals surface area contributed by atoms with E-state index in [-0.39, 0.29) is 0 Å². The molecule has 7 aliphatic rings. The second kappa shape index (κ2) is 18.0. The van der Waals surface area contributed by atoms with Gasteiger partial charge in [0.15, 0.2) is 0 Å². The van der Waals surface area contributed by atoms with Crippen molar-refractivity contribution in [1.29, 1.82) is 0 Å². The largest absolute Gasteiger partial charge is 0.488 e. The van der Waals surface area contributed by atoms with Crippen molar-refractivity contribution >= 4 is 21.5 Å². The van der Waals surface area contributed by atoms with E-state index in [4.69, 9.17) is 14.5 Å². The van der Waals surface area contributed by atoms with Gasteiger partial charge in [0.2, 0.25) is 12.7 Å². The van der Waals surface area contributed by atoms with Crippen LogP contribution in [0.3, 0.4) is 0 Å². The third kappa shape index (κ3) is 8.65. The van der Waals surface area contributed by atoms with Gasteiger partial charge in [-0.3, -0.25) is 4.98 Å². The van der Waals surface area contributed by atoms with Gasteiger partial charge in [-0.05, 0) is 103 Å². The summed E-state index contributed by atoms with van der Waals surface area (Å²) in [6.07, 6.45) is 14.4. The lowest BCUT2D eigenvalue weighted by Gasteiger charge is -2.20. The molecule has 0 fully saturated rings. The highest BCUT2D eigenvalue weighted by atomic mass is 16.5. The standard InChI is InChI=1S/C61H49N5O2/c1-3-10-56-50(6-1)24-30-58-60(56)61-57-11-4-2-7-51(57)25-31-59(61)68-41-49-22-28-55(29-23-49)66-35-33-64(43-66)39-47-18-14-45(15-19-47)37-53-9-5-8-52(62-53)36-44-12-16-46(17-13-44)38-63-32-34-65(42-63)54-26-20-48(21-27-54)40-67-58/h1-35,42-43H,36-41H2/q+2. The van der Waals surface area contributed by atoms with Gasteiger partial charge in [0, 0.05) is 35.4 Å². The van der Waals surface area contributed by atoms with Crippen LogP contribution < -0.4 is 18.6 Å². The molecule has 68 heavy (non-hydrogen) atoms. The molecule has 11 aromatic rings. The van der Waals surface area contributed by atoms with Gasteiger partial charge >= 0.3 is 0 Å². The summed E-state index contributed by atoms with van der Waals surface area (Å²) in [5, 5.41) is 4.51. The van der Waals surface area contributed by atoms with Crippen molar-refractivity contribution in [3.63, 3.8) is 0 Å². The minimum Gasteiger partial charge on any atom is -0.488 e. The summed E-state index contributed by atoms with van der Waals surface area (Å²) in [6.45, 7) is 2.39. The summed E-state index contributed by atoms with van der Waals surface area (Å²) < 4.78 is 22.4. The minimum atomic E-state index is 0.413. The maximum absolute atomic E-state index is 6.83. The molecule has 10 heterocycles. The molecule has 0 saturated carbocycles. The molecule has 14 bridgehead atoms. The third-order valence-corrected chi connectivity index (χ3v) is 13.1. The van der Waals surface area contributed by atoms with Crippen LogP contribution in [0, 0.1) is 0 Å². The summed E-state index contributed by atoms with van der Waals surface area (Å²) >= 11 is 0. The van der Waals surface area contributed by atoms with E-state index in [2.05, 4.69) is 244 Å². The topological polar surface area (TPSA) is 49.0 Å². The molecule has 8 aromatic carbocycles. The molecule has 0 spiro atoms. The van der Waals surface area contributed by atoms with Crippen LogP contribution in [0.15, 0.2) is 225 Å². The monoisotopic (exact) mass is 883 g/mol. The molecule has 3 aromatic heterocycles. The number of aromatic nitrogens is 5. The quantitative estimate of drug-likeness (QED) is 0.143. The third-order valence-electron chi connectivity index (χ3n) is 13.1. The normalized spacial score (nSPS) is 12.9. The van der Waals surface area contributed by atoms with Crippen LogP contribution >= 0.6 is 0 Å². The first-order valence-corrected chi connectivity index (χ1v) is 23.3. The van der Waals surface area contributed by atoms with Crippen LogP contribution in [-0.4, -0.2) is 14.1 Å². The molecule has 0 radical (unpaired) electrons. The van der Waals surface area contributed by atoms with Gasteiger partial charge in [0.1, 0.15) is 74.0 Å². The molecular formula is C61H49N5O2+2. The van der Waals surface area contributed by atoms with E-state index >= 15 is 0 Å². The number of fused-ring (bicyclic) bond motifs is 2. The minimum absolute atomic E-state index is 0.413. The molecule has 328 valence electrons. The maximum Gasteiger partial charge on any atom is 0.249 e. The molecule has 0 amide bonds. The van der Waals surface area contributed by atoms with Gasteiger partial charge in [0.25, 0.3) is 0 Å². The highest BCUT2D eigenvalue weighted by Crippen LogP contribution is 2.46. The zero-order chi connectivity index (χ0) is 45.2. The molecule has 7 heteroatoms. The van der Waals surface area contributed by atoms with E-state index in [0.717, 1.165) is 104 Å². The Balaban J connectivity index is 0.878. The average molecular weight is 884 g/mol. The fourth-order valence-electron chi connectivity index (χ4n) is 9.48. The fourth-order valence-corrected chi connectivity index (χ4v) is 9.48. The van der Waals surface area contributed by atoms with E-state index < -0.39 is 0 Å². The van der Waals surface area contributed by atoms with Crippen LogP contribution in [0.5, 0.6) is 11.5 Å². The number of ether oxygens (including phenoxy) is 2. The lowest BCUT2D eigenvalue weighted by molar-refractivity contribution is -0.687. The average Bonchev–Trinajstić information content (AvgIpc) is 4.06. The number of hydrogen-bond donors (Lipinski definition) is 0. The first kappa shape index (κ1) is 40.9. The Morgan fingerprint density at radius 3 is 1.25 bits per heavy atom. The van der Waals surface area contributed by atoms with E-state index in [9.17, 15) is 0 Å². The Kier molecular flexibility index (Phi) is 10.8. The molecule has 0 aliphatic carbocycles. The smallest absolute Gasteiger partial charge is 0.249 e. The highest BCUT2D eigenvalue weighted by Gasteiger charge is 2.20.